The molecule has 3 nitrogen and oxygen atoms in total. The van der Waals surface area contributed by atoms with E-state index in [4.69, 9.17) is 5.73 Å². The van der Waals surface area contributed by atoms with Gasteiger partial charge < -0.3 is 10.7 Å². The van der Waals surface area contributed by atoms with Crippen LogP contribution in [0.5, 0.6) is 0 Å². The van der Waals surface area contributed by atoms with Gasteiger partial charge in [0.25, 0.3) is 0 Å². The van der Waals surface area contributed by atoms with Gasteiger partial charge in [-0.05, 0) is 43.1 Å². The van der Waals surface area contributed by atoms with E-state index >= 15 is 0 Å². The first-order valence-corrected chi connectivity index (χ1v) is 6.61. The zero-order chi connectivity index (χ0) is 13.1. The summed E-state index contributed by atoms with van der Waals surface area (Å²) in [7, 11) is 0. The lowest BCUT2D eigenvalue weighted by Gasteiger charge is -2.03. The molecule has 3 aromatic rings. The summed E-state index contributed by atoms with van der Waals surface area (Å²) >= 11 is 0. The van der Waals surface area contributed by atoms with Crippen molar-refractivity contribution in [2.75, 3.05) is 6.54 Å². The lowest BCUT2D eigenvalue weighted by Crippen LogP contribution is -2.01. The summed E-state index contributed by atoms with van der Waals surface area (Å²) in [6.45, 7) is 0.709. The van der Waals surface area contributed by atoms with Gasteiger partial charge in [-0.25, -0.2) is 0 Å². The topological polar surface area (TPSA) is 54.7 Å². The molecule has 96 valence electrons. The van der Waals surface area contributed by atoms with E-state index in [0.717, 1.165) is 29.7 Å². The molecule has 2 heterocycles. The summed E-state index contributed by atoms with van der Waals surface area (Å²) in [5.41, 5.74) is 10.2. The van der Waals surface area contributed by atoms with Gasteiger partial charge in [0, 0.05) is 17.1 Å². The molecule has 3 N–H and O–H groups in total. The fourth-order valence-electron chi connectivity index (χ4n) is 2.47. The van der Waals surface area contributed by atoms with Crippen molar-refractivity contribution in [3.05, 3.63) is 54.2 Å². The Morgan fingerprint density at radius 1 is 1.05 bits per heavy atom. The Labute approximate surface area is 112 Å². The largest absolute Gasteiger partial charge is 0.353 e. The quantitative estimate of drug-likeness (QED) is 0.748. The Kier molecular flexibility index (Phi) is 3.29. The highest BCUT2D eigenvalue weighted by Crippen LogP contribution is 2.29. The van der Waals surface area contributed by atoms with Crippen LogP contribution in [-0.2, 0) is 6.42 Å². The Balaban J connectivity index is 2.17. The van der Waals surface area contributed by atoms with Crippen LogP contribution in [0.15, 0.2) is 48.7 Å². The van der Waals surface area contributed by atoms with Gasteiger partial charge in [0.1, 0.15) is 0 Å². The second-order valence-electron chi connectivity index (χ2n) is 4.63. The molecule has 19 heavy (non-hydrogen) atoms. The van der Waals surface area contributed by atoms with E-state index < -0.39 is 0 Å². The van der Waals surface area contributed by atoms with Crippen molar-refractivity contribution in [3.63, 3.8) is 0 Å². The molecular weight excluding hydrogens is 234 g/mol. The van der Waals surface area contributed by atoms with Gasteiger partial charge in [0.2, 0.25) is 0 Å². The first-order chi connectivity index (χ1) is 9.40. The molecule has 0 saturated carbocycles. The highest BCUT2D eigenvalue weighted by atomic mass is 14.8. The maximum Gasteiger partial charge on any atom is 0.0867 e. The third kappa shape index (κ3) is 2.25. The third-order valence-corrected chi connectivity index (χ3v) is 3.37. The van der Waals surface area contributed by atoms with Crippen molar-refractivity contribution >= 4 is 10.9 Å². The summed E-state index contributed by atoms with van der Waals surface area (Å²) < 4.78 is 0. The summed E-state index contributed by atoms with van der Waals surface area (Å²) in [5, 5.41) is 1.27. The zero-order valence-corrected chi connectivity index (χ0v) is 10.8. The number of nitrogens with zero attached hydrogens (tertiary/aromatic N) is 1. The molecule has 0 atom stereocenters. The monoisotopic (exact) mass is 251 g/mol. The van der Waals surface area contributed by atoms with Crippen LogP contribution in [-0.4, -0.2) is 16.5 Å². The smallest absolute Gasteiger partial charge is 0.0867 e. The zero-order valence-electron chi connectivity index (χ0n) is 10.8. The molecule has 0 spiro atoms. The van der Waals surface area contributed by atoms with Crippen LogP contribution < -0.4 is 5.73 Å². The average Bonchev–Trinajstić information content (AvgIpc) is 2.85. The highest BCUT2D eigenvalue weighted by Gasteiger charge is 2.12. The number of aromatic nitrogens is 2. The number of nitrogens with two attached hydrogens (primary N) is 1. The molecule has 0 bridgehead atoms. The van der Waals surface area contributed by atoms with Gasteiger partial charge in [-0.2, -0.15) is 0 Å². The summed E-state index contributed by atoms with van der Waals surface area (Å²) in [4.78, 5) is 7.94. The molecule has 2 aromatic heterocycles. The predicted molar refractivity (Wildman–Crippen MR) is 78.9 cm³/mol. The molecule has 0 fully saturated rings. The van der Waals surface area contributed by atoms with E-state index in [1.165, 1.54) is 10.9 Å². The average molecular weight is 251 g/mol. The third-order valence-electron chi connectivity index (χ3n) is 3.37. The van der Waals surface area contributed by atoms with Crippen LogP contribution in [0, 0.1) is 0 Å². The van der Waals surface area contributed by atoms with E-state index in [1.807, 2.05) is 30.5 Å². The van der Waals surface area contributed by atoms with Crippen molar-refractivity contribution in [2.24, 2.45) is 5.73 Å². The van der Waals surface area contributed by atoms with E-state index in [9.17, 15) is 0 Å². The van der Waals surface area contributed by atoms with Crippen molar-refractivity contribution < 1.29 is 0 Å². The molecule has 0 aliphatic rings. The molecule has 1 aromatic carbocycles. The lowest BCUT2D eigenvalue weighted by molar-refractivity contribution is 0.837. The minimum atomic E-state index is 0.709. The number of H-pyrrole nitrogens is 1. The fourth-order valence-corrected chi connectivity index (χ4v) is 2.47. The minimum Gasteiger partial charge on any atom is -0.353 e. The van der Waals surface area contributed by atoms with Crippen molar-refractivity contribution in [3.8, 4) is 11.4 Å². The normalized spacial score (nSPS) is 11.0. The van der Waals surface area contributed by atoms with E-state index in [0.29, 0.717) is 6.54 Å². The summed E-state index contributed by atoms with van der Waals surface area (Å²) in [6, 6.07) is 14.4. The molecule has 0 unspecified atom stereocenters. The number of hydrogen-bond acceptors (Lipinski definition) is 2. The number of para-hydroxylation sites is 1. The van der Waals surface area contributed by atoms with Crippen molar-refractivity contribution in [1.29, 1.82) is 0 Å². The second-order valence-corrected chi connectivity index (χ2v) is 4.63. The molecule has 0 amide bonds. The highest BCUT2D eigenvalue weighted by molar-refractivity contribution is 5.90. The number of hydrogen-bond donors (Lipinski definition) is 2. The number of pyridine rings is 1. The van der Waals surface area contributed by atoms with Gasteiger partial charge in [-0.1, -0.05) is 24.3 Å². The van der Waals surface area contributed by atoms with E-state index in [1.54, 1.807) is 0 Å². The molecule has 0 aliphatic carbocycles. The van der Waals surface area contributed by atoms with Gasteiger partial charge >= 0.3 is 0 Å². The van der Waals surface area contributed by atoms with Crippen LogP contribution in [0.2, 0.25) is 0 Å². The SMILES string of the molecule is NCCCc1c(-c2ccccn2)[nH]c2ccccc12. The molecular formula is C16H17N3. The molecule has 0 radical (unpaired) electrons. The number of benzene rings is 1. The predicted octanol–water partition coefficient (Wildman–Crippen LogP) is 3.12. The molecule has 0 saturated heterocycles. The maximum absolute atomic E-state index is 5.65. The first-order valence-electron chi connectivity index (χ1n) is 6.61. The fraction of sp³-hybridized carbons (Fsp3) is 0.188. The minimum absolute atomic E-state index is 0.709. The van der Waals surface area contributed by atoms with Crippen LogP contribution in [0.4, 0.5) is 0 Å². The number of fused-ring (bicyclic) bond motifs is 1. The molecule has 3 heteroatoms. The molecule has 3 rings (SSSR count). The first kappa shape index (κ1) is 11.9. The number of aromatic amines is 1. The van der Waals surface area contributed by atoms with E-state index in [-0.39, 0.29) is 0 Å². The van der Waals surface area contributed by atoms with Crippen LogP contribution in [0.25, 0.3) is 22.3 Å². The van der Waals surface area contributed by atoms with Crippen LogP contribution in [0.3, 0.4) is 0 Å². The van der Waals surface area contributed by atoms with Crippen molar-refractivity contribution in [2.45, 2.75) is 12.8 Å². The van der Waals surface area contributed by atoms with Crippen molar-refractivity contribution in [1.82, 2.24) is 9.97 Å². The van der Waals surface area contributed by atoms with Crippen LogP contribution in [0.1, 0.15) is 12.0 Å². The number of nitrogens with one attached hydrogen (secondary N) is 1. The van der Waals surface area contributed by atoms with Gasteiger partial charge in [-0.15, -0.1) is 0 Å². The van der Waals surface area contributed by atoms with Gasteiger partial charge in [-0.3, -0.25) is 4.98 Å². The van der Waals surface area contributed by atoms with Crippen LogP contribution >= 0.6 is 0 Å². The summed E-state index contributed by atoms with van der Waals surface area (Å²) in [6.07, 6.45) is 3.79. The number of rotatable bonds is 4. The van der Waals surface area contributed by atoms with Gasteiger partial charge in [0.05, 0.1) is 11.4 Å². The lowest BCUT2D eigenvalue weighted by atomic mass is 10.0. The Bertz CT molecular complexity index is 671. The maximum atomic E-state index is 5.65. The van der Waals surface area contributed by atoms with E-state index in [2.05, 4.69) is 28.2 Å². The Morgan fingerprint density at radius 3 is 2.68 bits per heavy atom. The van der Waals surface area contributed by atoms with Gasteiger partial charge in [0.15, 0.2) is 0 Å². The molecule has 0 aliphatic heterocycles. The Hall–Kier alpha value is -2.13. The second kappa shape index (κ2) is 5.24. The summed E-state index contributed by atoms with van der Waals surface area (Å²) in [5.74, 6) is 0. The Morgan fingerprint density at radius 2 is 1.89 bits per heavy atom. The number of aryl methyl sites for hydroxylation is 1. The standard InChI is InChI=1S/C16H17N3/c17-10-5-7-13-12-6-1-2-8-14(12)19-16(13)15-9-3-4-11-18-15/h1-4,6,8-9,11,19H,5,7,10,17H2.